The zero-order valence-electron chi connectivity index (χ0n) is 14.2. The van der Waals surface area contributed by atoms with Crippen LogP contribution in [0, 0.1) is 31.3 Å². The number of anilines is 1. The van der Waals surface area contributed by atoms with Crippen LogP contribution >= 0.6 is 0 Å². The van der Waals surface area contributed by atoms with Crippen molar-refractivity contribution in [1.29, 1.82) is 0 Å². The topological polar surface area (TPSA) is 46.9 Å². The number of nitrogens with zero attached hydrogens (tertiary/aromatic N) is 2. The van der Waals surface area contributed by atoms with Crippen LogP contribution in [0.1, 0.15) is 27.3 Å². The molecule has 0 aliphatic rings. The Morgan fingerprint density at radius 2 is 1.73 bits per heavy atom. The smallest absolute Gasteiger partial charge is 0.255 e. The van der Waals surface area contributed by atoms with Crippen LogP contribution in [0.15, 0.2) is 42.5 Å². The Kier molecular flexibility index (Phi) is 4.79. The second-order valence-electron chi connectivity index (χ2n) is 5.96. The van der Waals surface area contributed by atoms with Crippen molar-refractivity contribution < 1.29 is 18.0 Å². The second-order valence-corrected chi connectivity index (χ2v) is 5.96. The van der Waals surface area contributed by atoms with Crippen LogP contribution in [0.25, 0.3) is 0 Å². The Balaban J connectivity index is 1.73. The first-order chi connectivity index (χ1) is 12.3. The molecule has 0 bridgehead atoms. The predicted molar refractivity (Wildman–Crippen MR) is 91.5 cm³/mol. The van der Waals surface area contributed by atoms with E-state index in [0.29, 0.717) is 6.54 Å². The number of hydrogen-bond donors (Lipinski definition) is 1. The van der Waals surface area contributed by atoms with E-state index in [2.05, 4.69) is 10.4 Å². The van der Waals surface area contributed by atoms with Gasteiger partial charge in [0.05, 0.1) is 17.9 Å². The van der Waals surface area contributed by atoms with E-state index in [1.54, 1.807) is 24.3 Å². The highest BCUT2D eigenvalue weighted by Gasteiger charge is 2.16. The highest BCUT2D eigenvalue weighted by molar-refractivity contribution is 6.04. The van der Waals surface area contributed by atoms with Crippen molar-refractivity contribution in [2.75, 3.05) is 5.32 Å². The van der Waals surface area contributed by atoms with Gasteiger partial charge in [-0.3, -0.25) is 9.48 Å². The number of aryl methyl sites for hydroxylation is 2. The van der Waals surface area contributed by atoms with Gasteiger partial charge in [0.2, 0.25) is 0 Å². The SMILES string of the molecule is Cc1cc(C)n(Cc2ccc(C(=O)Nc3ccc(F)c(F)c3F)cc2)n1. The zero-order chi connectivity index (χ0) is 18.8. The van der Waals surface area contributed by atoms with E-state index in [1.807, 2.05) is 24.6 Å². The molecule has 26 heavy (non-hydrogen) atoms. The molecule has 3 aromatic rings. The number of halogens is 3. The minimum Gasteiger partial charge on any atom is -0.319 e. The summed E-state index contributed by atoms with van der Waals surface area (Å²) >= 11 is 0. The van der Waals surface area contributed by atoms with Crippen LogP contribution in [-0.4, -0.2) is 15.7 Å². The molecule has 2 aromatic carbocycles. The summed E-state index contributed by atoms with van der Waals surface area (Å²) in [6.07, 6.45) is 0. The van der Waals surface area contributed by atoms with E-state index < -0.39 is 29.0 Å². The number of benzene rings is 2. The van der Waals surface area contributed by atoms with E-state index in [-0.39, 0.29) is 5.56 Å². The molecule has 1 aromatic heterocycles. The van der Waals surface area contributed by atoms with Crippen LogP contribution in [0.3, 0.4) is 0 Å². The number of amides is 1. The van der Waals surface area contributed by atoms with Crippen molar-refractivity contribution >= 4 is 11.6 Å². The molecule has 3 rings (SSSR count). The van der Waals surface area contributed by atoms with Gasteiger partial charge in [0.1, 0.15) is 0 Å². The monoisotopic (exact) mass is 359 g/mol. The van der Waals surface area contributed by atoms with Crippen molar-refractivity contribution in [3.63, 3.8) is 0 Å². The Morgan fingerprint density at radius 1 is 1.04 bits per heavy atom. The summed E-state index contributed by atoms with van der Waals surface area (Å²) in [5.74, 6) is -4.98. The first kappa shape index (κ1) is 17.7. The average molecular weight is 359 g/mol. The first-order valence-corrected chi connectivity index (χ1v) is 7.90. The van der Waals surface area contributed by atoms with Crippen LogP contribution in [0.2, 0.25) is 0 Å². The van der Waals surface area contributed by atoms with Crippen LogP contribution < -0.4 is 5.32 Å². The van der Waals surface area contributed by atoms with E-state index in [4.69, 9.17) is 0 Å². The molecule has 0 unspecified atom stereocenters. The summed E-state index contributed by atoms with van der Waals surface area (Å²) in [6, 6.07) is 10.4. The quantitative estimate of drug-likeness (QED) is 0.709. The number of hydrogen-bond acceptors (Lipinski definition) is 2. The molecule has 0 radical (unpaired) electrons. The van der Waals surface area contributed by atoms with Gasteiger partial charge in [-0.25, -0.2) is 13.2 Å². The van der Waals surface area contributed by atoms with E-state index in [9.17, 15) is 18.0 Å². The molecule has 134 valence electrons. The standard InChI is InChI=1S/C19H16F3N3O/c1-11-9-12(2)25(24-11)10-13-3-5-14(6-4-13)19(26)23-16-8-7-15(20)17(21)18(16)22/h3-9H,10H2,1-2H3,(H,23,26). The van der Waals surface area contributed by atoms with Crippen molar-refractivity contribution in [2.24, 2.45) is 0 Å². The molecule has 4 nitrogen and oxygen atoms in total. The van der Waals surface area contributed by atoms with E-state index in [1.165, 1.54) is 0 Å². The van der Waals surface area contributed by atoms with E-state index in [0.717, 1.165) is 29.1 Å². The molecule has 0 fully saturated rings. The first-order valence-electron chi connectivity index (χ1n) is 7.90. The maximum Gasteiger partial charge on any atom is 0.255 e. The summed E-state index contributed by atoms with van der Waals surface area (Å²) in [6.45, 7) is 4.42. The lowest BCUT2D eigenvalue weighted by Crippen LogP contribution is -2.14. The van der Waals surface area contributed by atoms with Gasteiger partial charge in [-0.05, 0) is 49.7 Å². The highest BCUT2D eigenvalue weighted by Crippen LogP contribution is 2.20. The molecule has 0 aliphatic heterocycles. The van der Waals surface area contributed by atoms with Gasteiger partial charge in [0.25, 0.3) is 5.91 Å². The largest absolute Gasteiger partial charge is 0.319 e. The van der Waals surface area contributed by atoms with Crippen molar-refractivity contribution in [2.45, 2.75) is 20.4 Å². The predicted octanol–water partition coefficient (Wildman–Crippen LogP) is 4.22. The Hall–Kier alpha value is -3.09. The Morgan fingerprint density at radius 3 is 2.35 bits per heavy atom. The molecule has 1 amide bonds. The third kappa shape index (κ3) is 3.61. The number of rotatable bonds is 4. The van der Waals surface area contributed by atoms with Gasteiger partial charge in [-0.1, -0.05) is 12.1 Å². The van der Waals surface area contributed by atoms with E-state index >= 15 is 0 Å². The summed E-state index contributed by atoms with van der Waals surface area (Å²) in [5, 5.41) is 6.61. The summed E-state index contributed by atoms with van der Waals surface area (Å²) in [7, 11) is 0. The number of carbonyl (C=O) groups is 1. The minimum absolute atomic E-state index is 0.270. The van der Waals surface area contributed by atoms with Gasteiger partial charge >= 0.3 is 0 Å². The second kappa shape index (κ2) is 7.03. The fourth-order valence-electron chi connectivity index (χ4n) is 2.59. The molecule has 7 heteroatoms. The number of nitrogens with one attached hydrogen (secondary N) is 1. The molecular formula is C19H16F3N3O. The van der Waals surface area contributed by atoms with Gasteiger partial charge in [0.15, 0.2) is 17.5 Å². The molecule has 0 atom stereocenters. The normalized spacial score (nSPS) is 10.8. The minimum atomic E-state index is -1.62. The molecule has 0 saturated heterocycles. The molecule has 0 saturated carbocycles. The van der Waals surface area contributed by atoms with Crippen LogP contribution in [0.5, 0.6) is 0 Å². The summed E-state index contributed by atoms with van der Waals surface area (Å²) in [4.78, 5) is 12.2. The van der Waals surface area contributed by atoms with Crippen molar-refractivity contribution in [3.8, 4) is 0 Å². The third-order valence-corrected chi connectivity index (χ3v) is 3.94. The zero-order valence-corrected chi connectivity index (χ0v) is 14.2. The van der Waals surface area contributed by atoms with Gasteiger partial charge < -0.3 is 5.32 Å². The fourth-order valence-corrected chi connectivity index (χ4v) is 2.59. The van der Waals surface area contributed by atoms with Crippen LogP contribution in [0.4, 0.5) is 18.9 Å². The molecule has 1 N–H and O–H groups in total. The third-order valence-electron chi connectivity index (χ3n) is 3.94. The highest BCUT2D eigenvalue weighted by atomic mass is 19.2. The van der Waals surface area contributed by atoms with Crippen LogP contribution in [-0.2, 0) is 6.54 Å². The van der Waals surface area contributed by atoms with Gasteiger partial charge in [-0.15, -0.1) is 0 Å². The summed E-state index contributed by atoms with van der Waals surface area (Å²) in [5.41, 5.74) is 2.74. The number of aromatic nitrogens is 2. The Labute approximate surface area is 148 Å². The molecule has 0 aliphatic carbocycles. The maximum absolute atomic E-state index is 13.6. The van der Waals surface area contributed by atoms with Gasteiger partial charge in [-0.2, -0.15) is 5.10 Å². The lowest BCUT2D eigenvalue weighted by Gasteiger charge is -2.09. The summed E-state index contributed by atoms with van der Waals surface area (Å²) < 4.78 is 41.7. The Bertz CT molecular complexity index is 965. The average Bonchev–Trinajstić information content (AvgIpc) is 2.93. The van der Waals surface area contributed by atoms with Crippen molar-refractivity contribution in [1.82, 2.24) is 9.78 Å². The fraction of sp³-hybridized carbons (Fsp3) is 0.158. The molecule has 0 spiro atoms. The maximum atomic E-state index is 13.6. The lowest BCUT2D eigenvalue weighted by atomic mass is 10.1. The van der Waals surface area contributed by atoms with Crippen molar-refractivity contribution in [3.05, 3.63) is 82.4 Å². The number of carbonyl (C=O) groups excluding carboxylic acids is 1. The lowest BCUT2D eigenvalue weighted by molar-refractivity contribution is 0.102. The molecular weight excluding hydrogens is 343 g/mol. The van der Waals surface area contributed by atoms with Gasteiger partial charge in [0, 0.05) is 11.3 Å². The molecule has 1 heterocycles.